The number of halogens is 2. The quantitative estimate of drug-likeness (QED) is 0.491. The van der Waals surface area contributed by atoms with Gasteiger partial charge < -0.3 is 18.8 Å². The first-order valence-electron chi connectivity index (χ1n) is 11.9. The lowest BCUT2D eigenvalue weighted by Gasteiger charge is -2.33. The molecule has 1 aromatic carbocycles. The highest BCUT2D eigenvalue weighted by molar-refractivity contribution is 5.80. The van der Waals surface area contributed by atoms with Gasteiger partial charge in [-0.1, -0.05) is 0 Å². The number of benzene rings is 1. The molecule has 5 nitrogen and oxygen atoms in total. The molecule has 4 heterocycles. The van der Waals surface area contributed by atoms with Crippen molar-refractivity contribution in [3.05, 3.63) is 47.1 Å². The van der Waals surface area contributed by atoms with E-state index in [2.05, 4.69) is 47.5 Å². The third kappa shape index (κ3) is 4.56. The van der Waals surface area contributed by atoms with Crippen LogP contribution in [0.1, 0.15) is 54.6 Å². The number of alkyl halides is 2. The van der Waals surface area contributed by atoms with Crippen molar-refractivity contribution in [3.8, 4) is 0 Å². The number of aryl methyl sites for hydroxylation is 1. The van der Waals surface area contributed by atoms with E-state index in [0.717, 1.165) is 24.3 Å². The van der Waals surface area contributed by atoms with E-state index in [1.165, 1.54) is 29.8 Å². The van der Waals surface area contributed by atoms with E-state index in [1.54, 1.807) is 0 Å². The van der Waals surface area contributed by atoms with E-state index in [0.29, 0.717) is 30.6 Å². The third-order valence-electron chi connectivity index (χ3n) is 7.23. The topological polar surface area (TPSA) is 37.4 Å². The molecular formula is C26H32F2N4O. The molecule has 5 rings (SSSR count). The van der Waals surface area contributed by atoms with Gasteiger partial charge in [0.25, 0.3) is 5.92 Å². The summed E-state index contributed by atoms with van der Waals surface area (Å²) in [5.74, 6) is -1.99. The van der Waals surface area contributed by atoms with Gasteiger partial charge in [0, 0.05) is 55.1 Å². The molecule has 2 aliphatic heterocycles. The van der Waals surface area contributed by atoms with Crippen LogP contribution in [0.4, 0.5) is 14.5 Å². The maximum atomic E-state index is 13.5. The van der Waals surface area contributed by atoms with E-state index < -0.39 is 5.92 Å². The summed E-state index contributed by atoms with van der Waals surface area (Å²) < 4.78 is 35.4. The minimum atomic E-state index is -2.55. The molecule has 0 N–H and O–H groups in total. The van der Waals surface area contributed by atoms with Gasteiger partial charge in [-0.2, -0.15) is 0 Å². The highest BCUT2D eigenvalue weighted by Gasteiger charge is 2.34. The van der Waals surface area contributed by atoms with Gasteiger partial charge in [0.15, 0.2) is 5.58 Å². The predicted octanol–water partition coefficient (Wildman–Crippen LogP) is 5.92. The zero-order valence-electron chi connectivity index (χ0n) is 19.7. The molecule has 176 valence electrons. The second-order valence-electron chi connectivity index (χ2n) is 9.61. The number of hydrogen-bond donors (Lipinski definition) is 0. The second-order valence-corrected chi connectivity index (χ2v) is 9.61. The lowest BCUT2D eigenvalue weighted by Crippen LogP contribution is -2.39. The SMILES string of the molecule is Cc1cc(/C=C/c2nc3cc(N4CCC(F)(F)CC4)ccc3o2)c(C)n1C1CCN(C)CC1. The number of piperidine rings is 2. The summed E-state index contributed by atoms with van der Waals surface area (Å²) in [6.07, 6.45) is 6.14. The molecule has 0 aliphatic carbocycles. The van der Waals surface area contributed by atoms with Gasteiger partial charge in [-0.05, 0) is 82.7 Å². The molecule has 0 amide bonds. The second kappa shape index (κ2) is 8.60. The fourth-order valence-corrected chi connectivity index (χ4v) is 5.24. The molecule has 2 saturated heterocycles. The predicted molar refractivity (Wildman–Crippen MR) is 129 cm³/mol. The molecule has 0 bridgehead atoms. The molecule has 0 spiro atoms. The lowest BCUT2D eigenvalue weighted by molar-refractivity contribution is -0.0220. The summed E-state index contributed by atoms with van der Waals surface area (Å²) in [6.45, 7) is 7.35. The fraction of sp³-hybridized carbons (Fsp3) is 0.500. The van der Waals surface area contributed by atoms with Crippen molar-refractivity contribution in [2.45, 2.75) is 51.5 Å². The number of oxazole rings is 1. The zero-order chi connectivity index (χ0) is 23.2. The van der Waals surface area contributed by atoms with Crippen LogP contribution in [0.15, 0.2) is 28.7 Å². The Balaban J connectivity index is 1.33. The van der Waals surface area contributed by atoms with Crippen LogP contribution in [-0.2, 0) is 0 Å². The van der Waals surface area contributed by atoms with Crippen LogP contribution in [0.3, 0.4) is 0 Å². The van der Waals surface area contributed by atoms with Crippen LogP contribution in [0.2, 0.25) is 0 Å². The molecule has 3 aromatic rings. The molecule has 2 aliphatic rings. The first-order chi connectivity index (χ1) is 15.8. The van der Waals surface area contributed by atoms with Gasteiger partial charge in [-0.25, -0.2) is 13.8 Å². The first-order valence-corrected chi connectivity index (χ1v) is 11.9. The number of hydrogen-bond acceptors (Lipinski definition) is 4. The summed E-state index contributed by atoms with van der Waals surface area (Å²) >= 11 is 0. The molecule has 2 fully saturated rings. The van der Waals surface area contributed by atoms with Crippen molar-refractivity contribution in [3.63, 3.8) is 0 Å². The Bertz CT molecular complexity index is 1160. The molecular weight excluding hydrogens is 422 g/mol. The smallest absolute Gasteiger partial charge is 0.251 e. The Kier molecular flexibility index (Phi) is 5.77. The Hall–Kier alpha value is -2.67. The number of aromatic nitrogens is 2. The van der Waals surface area contributed by atoms with Gasteiger partial charge >= 0.3 is 0 Å². The van der Waals surface area contributed by atoms with Crippen LogP contribution < -0.4 is 4.90 Å². The maximum Gasteiger partial charge on any atom is 0.251 e. The Morgan fingerprint density at radius 1 is 1.03 bits per heavy atom. The van der Waals surface area contributed by atoms with E-state index in [1.807, 2.05) is 29.2 Å². The largest absolute Gasteiger partial charge is 0.437 e. The fourth-order valence-electron chi connectivity index (χ4n) is 5.24. The van der Waals surface area contributed by atoms with Gasteiger partial charge in [0.05, 0.1) is 0 Å². The number of fused-ring (bicyclic) bond motifs is 1. The molecule has 0 unspecified atom stereocenters. The van der Waals surface area contributed by atoms with Crippen LogP contribution in [-0.4, -0.2) is 53.6 Å². The molecule has 2 aromatic heterocycles. The van der Waals surface area contributed by atoms with Crippen molar-refractivity contribution in [2.24, 2.45) is 0 Å². The summed E-state index contributed by atoms with van der Waals surface area (Å²) in [7, 11) is 2.19. The minimum absolute atomic E-state index is 0.103. The van der Waals surface area contributed by atoms with Crippen molar-refractivity contribution in [1.29, 1.82) is 0 Å². The number of nitrogens with zero attached hydrogens (tertiary/aromatic N) is 4. The highest BCUT2D eigenvalue weighted by atomic mass is 19.3. The number of likely N-dealkylation sites (tertiary alicyclic amines) is 1. The van der Waals surface area contributed by atoms with Crippen LogP contribution >= 0.6 is 0 Å². The van der Waals surface area contributed by atoms with Gasteiger partial charge in [0.1, 0.15) is 5.52 Å². The van der Waals surface area contributed by atoms with Crippen molar-refractivity contribution in [1.82, 2.24) is 14.5 Å². The lowest BCUT2D eigenvalue weighted by atomic mass is 10.0. The summed E-state index contributed by atoms with van der Waals surface area (Å²) in [4.78, 5) is 9.02. The normalized spacial score (nSPS) is 20.3. The average molecular weight is 455 g/mol. The molecule has 33 heavy (non-hydrogen) atoms. The van der Waals surface area contributed by atoms with Gasteiger partial charge in [-0.3, -0.25) is 0 Å². The van der Waals surface area contributed by atoms with Crippen LogP contribution in [0.5, 0.6) is 0 Å². The maximum absolute atomic E-state index is 13.5. The van der Waals surface area contributed by atoms with E-state index in [9.17, 15) is 8.78 Å². The van der Waals surface area contributed by atoms with Crippen LogP contribution in [0.25, 0.3) is 23.3 Å². The van der Waals surface area contributed by atoms with Gasteiger partial charge in [0.2, 0.25) is 5.89 Å². The Morgan fingerprint density at radius 3 is 2.48 bits per heavy atom. The van der Waals surface area contributed by atoms with Crippen LogP contribution in [0, 0.1) is 13.8 Å². The number of rotatable bonds is 4. The summed E-state index contributed by atoms with van der Waals surface area (Å²) in [5, 5.41) is 0. The van der Waals surface area contributed by atoms with E-state index >= 15 is 0 Å². The Labute approximate surface area is 193 Å². The summed E-state index contributed by atoms with van der Waals surface area (Å²) in [6, 6.07) is 8.54. The van der Waals surface area contributed by atoms with E-state index in [-0.39, 0.29) is 12.8 Å². The van der Waals surface area contributed by atoms with Crippen molar-refractivity contribution >= 4 is 28.9 Å². The monoisotopic (exact) mass is 454 g/mol. The van der Waals surface area contributed by atoms with Crippen molar-refractivity contribution < 1.29 is 13.2 Å². The van der Waals surface area contributed by atoms with E-state index in [4.69, 9.17) is 4.42 Å². The third-order valence-corrected chi connectivity index (χ3v) is 7.23. The molecule has 7 heteroatoms. The molecule has 0 saturated carbocycles. The summed E-state index contributed by atoms with van der Waals surface area (Å²) in [5.41, 5.74) is 6.13. The first kappa shape index (κ1) is 22.1. The molecule has 0 atom stereocenters. The van der Waals surface area contributed by atoms with Gasteiger partial charge in [-0.15, -0.1) is 0 Å². The standard InChI is InChI=1S/C26H32F2N4O/c1-18-16-20(19(2)32(18)21-8-12-30(3)13-9-21)4-7-25-29-23-17-22(5-6-24(23)33-25)31-14-10-26(27,28)11-15-31/h4-7,16-17,21H,8-15H2,1-3H3/b7-4+. The average Bonchev–Trinajstić information content (AvgIpc) is 3.32. The molecule has 0 radical (unpaired) electrons. The number of anilines is 1. The highest BCUT2D eigenvalue weighted by Crippen LogP contribution is 2.32. The minimum Gasteiger partial charge on any atom is -0.437 e. The Morgan fingerprint density at radius 2 is 1.76 bits per heavy atom. The van der Waals surface area contributed by atoms with Crippen molar-refractivity contribution in [2.75, 3.05) is 38.1 Å². The zero-order valence-corrected chi connectivity index (χ0v) is 19.7.